The molecule has 116 valence electrons. The summed E-state index contributed by atoms with van der Waals surface area (Å²) < 4.78 is 1.68. The van der Waals surface area contributed by atoms with Gasteiger partial charge in [0.15, 0.2) is 0 Å². The molecule has 6 nitrogen and oxygen atoms in total. The Balaban J connectivity index is 1.56. The summed E-state index contributed by atoms with van der Waals surface area (Å²) in [5, 5.41) is 0. The van der Waals surface area contributed by atoms with Crippen molar-refractivity contribution in [3.8, 4) is 0 Å². The molecule has 2 atom stereocenters. The normalized spacial score (nSPS) is 20.7. The number of para-hydroxylation sites is 2. The summed E-state index contributed by atoms with van der Waals surface area (Å²) in [5.74, 6) is -0.238. The van der Waals surface area contributed by atoms with Crippen molar-refractivity contribution < 1.29 is 4.79 Å². The molecule has 23 heavy (non-hydrogen) atoms. The number of benzene rings is 2. The Kier molecular flexibility index (Phi) is 3.53. The molecule has 2 unspecified atom stereocenters. The topological polar surface area (TPSA) is 71.0 Å². The number of aromatic nitrogens is 2. The number of carbonyl (C=O) groups is 1. The molecule has 1 amide bonds. The Labute approximate surface area is 133 Å². The second kappa shape index (κ2) is 5.83. The van der Waals surface area contributed by atoms with E-state index >= 15 is 0 Å². The van der Waals surface area contributed by atoms with Crippen molar-refractivity contribution in [1.29, 1.82) is 0 Å². The summed E-state index contributed by atoms with van der Waals surface area (Å²) in [4.78, 5) is 17.0. The van der Waals surface area contributed by atoms with Crippen molar-refractivity contribution in [2.75, 3.05) is 12.0 Å². The van der Waals surface area contributed by atoms with E-state index in [0.717, 1.165) is 16.6 Å². The number of hydrogen-bond acceptors (Lipinski definition) is 4. The van der Waals surface area contributed by atoms with E-state index < -0.39 is 0 Å². The van der Waals surface area contributed by atoms with Crippen LogP contribution in [0.4, 0.5) is 0 Å². The minimum Gasteiger partial charge on any atom is -0.273 e. The van der Waals surface area contributed by atoms with Crippen LogP contribution in [0.2, 0.25) is 0 Å². The number of hydrogen-bond donors (Lipinski definition) is 3. The third kappa shape index (κ3) is 2.58. The van der Waals surface area contributed by atoms with Crippen molar-refractivity contribution in [3.63, 3.8) is 0 Å². The van der Waals surface area contributed by atoms with E-state index in [-0.39, 0.29) is 17.9 Å². The lowest BCUT2D eigenvalue weighted by Crippen LogP contribution is -2.33. The molecule has 0 saturated carbocycles. The predicted octanol–water partition coefficient (Wildman–Crippen LogP) is 1.57. The van der Waals surface area contributed by atoms with E-state index in [2.05, 4.69) is 21.3 Å². The number of fused-ring (bicyclic) bond motifs is 1. The highest BCUT2D eigenvalue weighted by Gasteiger charge is 2.34. The molecule has 2 heterocycles. The maximum Gasteiger partial charge on any atom is 0.245 e. The van der Waals surface area contributed by atoms with Gasteiger partial charge in [-0.05, 0) is 17.7 Å². The Bertz CT molecular complexity index is 829. The van der Waals surface area contributed by atoms with Crippen LogP contribution >= 0.6 is 0 Å². The van der Waals surface area contributed by atoms with Crippen LogP contribution in [0.25, 0.3) is 11.0 Å². The fraction of sp³-hybridized carbons (Fsp3) is 0.176. The zero-order valence-corrected chi connectivity index (χ0v) is 12.4. The van der Waals surface area contributed by atoms with E-state index in [4.69, 9.17) is 0 Å². The maximum atomic E-state index is 12.7. The first-order chi connectivity index (χ1) is 11.3. The number of rotatable bonds is 3. The summed E-state index contributed by atoms with van der Waals surface area (Å²) in [6, 6.07) is 17.6. The summed E-state index contributed by atoms with van der Waals surface area (Å²) in [5.41, 5.74) is 12.0. The molecular weight excluding hydrogens is 290 g/mol. The molecular formula is C17H17N5O. The largest absolute Gasteiger partial charge is 0.273 e. The minimum atomic E-state index is -0.196. The molecule has 3 aromatic rings. The smallest absolute Gasteiger partial charge is 0.245 e. The van der Waals surface area contributed by atoms with Crippen LogP contribution in [0.15, 0.2) is 60.9 Å². The van der Waals surface area contributed by atoms with Crippen LogP contribution in [-0.2, 0) is 4.79 Å². The summed E-state index contributed by atoms with van der Waals surface area (Å²) in [7, 11) is 0. The zero-order chi connectivity index (χ0) is 15.6. The molecule has 2 aromatic carbocycles. The molecule has 1 aliphatic rings. The van der Waals surface area contributed by atoms with Crippen LogP contribution < -0.4 is 16.3 Å². The fourth-order valence-electron chi connectivity index (χ4n) is 2.97. The first-order valence-corrected chi connectivity index (χ1v) is 7.59. The van der Waals surface area contributed by atoms with Gasteiger partial charge in [-0.3, -0.25) is 15.6 Å². The van der Waals surface area contributed by atoms with Gasteiger partial charge in [0.2, 0.25) is 5.91 Å². The van der Waals surface area contributed by atoms with Crippen molar-refractivity contribution in [1.82, 2.24) is 20.5 Å². The number of hydrazine groups is 1. The molecule has 1 saturated heterocycles. The Morgan fingerprint density at radius 1 is 1.13 bits per heavy atom. The summed E-state index contributed by atoms with van der Waals surface area (Å²) in [6.07, 6.45) is 1.63. The number of imidazole rings is 1. The lowest BCUT2D eigenvalue weighted by atomic mass is 9.94. The lowest BCUT2D eigenvalue weighted by Gasteiger charge is -2.18. The minimum absolute atomic E-state index is 0.0421. The molecule has 1 fully saturated rings. The van der Waals surface area contributed by atoms with E-state index in [9.17, 15) is 4.79 Å². The molecule has 1 aromatic heterocycles. The number of nitrogens with one attached hydrogen (secondary N) is 3. The van der Waals surface area contributed by atoms with Gasteiger partial charge in [0.1, 0.15) is 6.33 Å². The second-order valence-electron chi connectivity index (χ2n) is 5.60. The Morgan fingerprint density at radius 2 is 1.91 bits per heavy atom. The quantitative estimate of drug-likeness (QED) is 0.687. The molecule has 1 aliphatic heterocycles. The SMILES string of the molecule is O=C(Nn1cnc2ccccc21)C1CNNC1c1ccccc1. The van der Waals surface area contributed by atoms with Crippen LogP contribution in [0.5, 0.6) is 0 Å². The third-order valence-electron chi connectivity index (χ3n) is 4.16. The molecule has 3 N–H and O–H groups in total. The van der Waals surface area contributed by atoms with Crippen LogP contribution in [-0.4, -0.2) is 22.1 Å². The highest BCUT2D eigenvalue weighted by atomic mass is 16.2. The highest BCUT2D eigenvalue weighted by molar-refractivity contribution is 5.89. The Morgan fingerprint density at radius 3 is 2.78 bits per heavy atom. The van der Waals surface area contributed by atoms with E-state index in [1.807, 2.05) is 54.6 Å². The van der Waals surface area contributed by atoms with Gasteiger partial charge in [-0.15, -0.1) is 0 Å². The van der Waals surface area contributed by atoms with E-state index in [1.54, 1.807) is 11.0 Å². The lowest BCUT2D eigenvalue weighted by molar-refractivity contribution is -0.120. The molecule has 4 rings (SSSR count). The van der Waals surface area contributed by atoms with Crippen molar-refractivity contribution in [2.24, 2.45) is 5.92 Å². The second-order valence-corrected chi connectivity index (χ2v) is 5.60. The van der Waals surface area contributed by atoms with E-state index in [0.29, 0.717) is 6.54 Å². The van der Waals surface area contributed by atoms with Gasteiger partial charge in [-0.1, -0.05) is 42.5 Å². The predicted molar refractivity (Wildman–Crippen MR) is 87.9 cm³/mol. The fourth-order valence-corrected chi connectivity index (χ4v) is 2.97. The third-order valence-corrected chi connectivity index (χ3v) is 4.16. The highest BCUT2D eigenvalue weighted by Crippen LogP contribution is 2.25. The summed E-state index contributed by atoms with van der Waals surface area (Å²) in [6.45, 7) is 0.581. The number of amides is 1. The average molecular weight is 307 g/mol. The Hall–Kier alpha value is -2.70. The summed E-state index contributed by atoms with van der Waals surface area (Å²) >= 11 is 0. The van der Waals surface area contributed by atoms with Crippen molar-refractivity contribution in [2.45, 2.75) is 6.04 Å². The van der Waals surface area contributed by atoms with Gasteiger partial charge >= 0.3 is 0 Å². The van der Waals surface area contributed by atoms with Crippen LogP contribution in [0.1, 0.15) is 11.6 Å². The van der Waals surface area contributed by atoms with Crippen LogP contribution in [0.3, 0.4) is 0 Å². The number of carbonyl (C=O) groups excluding carboxylic acids is 1. The van der Waals surface area contributed by atoms with Gasteiger partial charge in [-0.2, -0.15) is 0 Å². The van der Waals surface area contributed by atoms with Gasteiger partial charge in [0, 0.05) is 6.54 Å². The van der Waals surface area contributed by atoms with Gasteiger partial charge in [0.05, 0.1) is 23.0 Å². The molecule has 0 spiro atoms. The number of nitrogens with zero attached hydrogens (tertiary/aromatic N) is 2. The average Bonchev–Trinajstić information content (AvgIpc) is 3.23. The monoisotopic (exact) mass is 307 g/mol. The maximum absolute atomic E-state index is 12.7. The van der Waals surface area contributed by atoms with Crippen LogP contribution in [0, 0.1) is 5.92 Å². The van der Waals surface area contributed by atoms with Gasteiger partial charge in [0.25, 0.3) is 0 Å². The molecule has 6 heteroatoms. The first kappa shape index (κ1) is 13.9. The zero-order valence-electron chi connectivity index (χ0n) is 12.4. The molecule has 0 bridgehead atoms. The standard InChI is InChI=1S/C17H17N5O/c23-17(21-22-11-18-14-8-4-5-9-15(14)22)13-10-19-20-16(13)12-6-2-1-3-7-12/h1-9,11,13,16,19-20H,10H2,(H,21,23). The molecule has 0 radical (unpaired) electrons. The first-order valence-electron chi connectivity index (χ1n) is 7.59. The molecule has 0 aliphatic carbocycles. The van der Waals surface area contributed by atoms with Gasteiger partial charge in [-0.25, -0.2) is 15.1 Å². The van der Waals surface area contributed by atoms with Crippen molar-refractivity contribution >= 4 is 16.9 Å². The van der Waals surface area contributed by atoms with E-state index in [1.165, 1.54) is 0 Å². The van der Waals surface area contributed by atoms with Gasteiger partial charge < -0.3 is 0 Å². The van der Waals surface area contributed by atoms with Crippen molar-refractivity contribution in [3.05, 3.63) is 66.5 Å².